The summed E-state index contributed by atoms with van der Waals surface area (Å²) in [5.74, 6) is 0.568. The van der Waals surface area contributed by atoms with Crippen molar-refractivity contribution in [2.75, 3.05) is 6.54 Å². The van der Waals surface area contributed by atoms with Crippen LogP contribution in [0.15, 0.2) is 22.6 Å². The lowest BCUT2D eigenvalue weighted by Crippen LogP contribution is -2.21. The van der Waals surface area contributed by atoms with Crippen LogP contribution < -0.4 is 5.32 Å². The number of hydrogen-bond donors (Lipinski definition) is 2. The lowest BCUT2D eigenvalue weighted by Gasteiger charge is -2.01. The van der Waals surface area contributed by atoms with Crippen molar-refractivity contribution in [1.29, 1.82) is 0 Å². The number of carboxylic acid groups (broad SMARTS) is 1. The normalized spacial score (nSPS) is 10.8. The second-order valence-corrected chi connectivity index (χ2v) is 4.63. The SMILES string of the molecule is Cc1ccc(/C=C/C(=O)NCCCCCCC(=O)O)o1. The number of carbonyl (C=O) groups is 2. The van der Waals surface area contributed by atoms with Crippen molar-refractivity contribution in [3.63, 3.8) is 0 Å². The molecule has 0 saturated heterocycles. The molecule has 0 aliphatic carbocycles. The molecule has 5 nitrogen and oxygen atoms in total. The Morgan fingerprint density at radius 3 is 2.65 bits per heavy atom. The van der Waals surface area contributed by atoms with Crippen molar-refractivity contribution in [1.82, 2.24) is 5.32 Å². The lowest BCUT2D eigenvalue weighted by atomic mass is 10.1. The molecule has 0 atom stereocenters. The summed E-state index contributed by atoms with van der Waals surface area (Å²) in [5.41, 5.74) is 0. The molecule has 0 radical (unpaired) electrons. The summed E-state index contributed by atoms with van der Waals surface area (Å²) in [7, 11) is 0. The first kappa shape index (κ1) is 16.0. The Kier molecular flexibility index (Phi) is 7.17. The average molecular weight is 279 g/mol. The molecule has 0 aromatic carbocycles. The zero-order valence-corrected chi connectivity index (χ0v) is 11.7. The van der Waals surface area contributed by atoms with E-state index in [4.69, 9.17) is 9.52 Å². The fourth-order valence-corrected chi connectivity index (χ4v) is 1.73. The number of rotatable bonds is 9. The molecular formula is C15H21NO4. The Labute approximate surface area is 118 Å². The van der Waals surface area contributed by atoms with E-state index in [1.807, 2.05) is 19.1 Å². The Balaban J connectivity index is 2.05. The first-order valence-corrected chi connectivity index (χ1v) is 6.82. The van der Waals surface area contributed by atoms with Gasteiger partial charge in [-0.2, -0.15) is 0 Å². The molecule has 0 saturated carbocycles. The molecule has 0 unspecified atom stereocenters. The van der Waals surface area contributed by atoms with Gasteiger partial charge in [-0.25, -0.2) is 0 Å². The van der Waals surface area contributed by atoms with E-state index in [1.165, 1.54) is 6.08 Å². The number of unbranched alkanes of at least 4 members (excludes halogenated alkanes) is 3. The van der Waals surface area contributed by atoms with E-state index < -0.39 is 5.97 Å². The van der Waals surface area contributed by atoms with Gasteiger partial charge in [-0.3, -0.25) is 9.59 Å². The summed E-state index contributed by atoms with van der Waals surface area (Å²) < 4.78 is 5.31. The predicted molar refractivity (Wildman–Crippen MR) is 76.2 cm³/mol. The van der Waals surface area contributed by atoms with E-state index in [-0.39, 0.29) is 12.3 Å². The van der Waals surface area contributed by atoms with Crippen LogP contribution in [0.1, 0.15) is 43.6 Å². The van der Waals surface area contributed by atoms with Crippen LogP contribution in [0.5, 0.6) is 0 Å². The highest BCUT2D eigenvalue weighted by atomic mass is 16.4. The van der Waals surface area contributed by atoms with Crippen molar-refractivity contribution in [2.45, 2.75) is 39.0 Å². The van der Waals surface area contributed by atoms with Gasteiger partial charge in [0.25, 0.3) is 0 Å². The van der Waals surface area contributed by atoms with E-state index in [1.54, 1.807) is 6.08 Å². The van der Waals surface area contributed by atoms with Crippen LogP contribution in [0.3, 0.4) is 0 Å². The second kappa shape index (κ2) is 8.96. The average Bonchev–Trinajstić information content (AvgIpc) is 2.81. The summed E-state index contributed by atoms with van der Waals surface area (Å²) in [6.07, 6.45) is 6.66. The Morgan fingerprint density at radius 2 is 2.00 bits per heavy atom. The fraction of sp³-hybridized carbons (Fsp3) is 0.467. The van der Waals surface area contributed by atoms with Crippen LogP contribution in [0.25, 0.3) is 6.08 Å². The van der Waals surface area contributed by atoms with E-state index >= 15 is 0 Å². The van der Waals surface area contributed by atoms with E-state index in [0.29, 0.717) is 18.7 Å². The first-order chi connectivity index (χ1) is 9.58. The van der Waals surface area contributed by atoms with Crippen LogP contribution in [0.4, 0.5) is 0 Å². The topological polar surface area (TPSA) is 79.5 Å². The standard InChI is InChI=1S/C15H21NO4/c1-12-7-8-13(20-12)9-10-14(17)16-11-5-3-2-4-6-15(18)19/h7-10H,2-6,11H2,1H3,(H,16,17)(H,18,19)/b10-9+. The maximum atomic E-state index is 11.5. The monoisotopic (exact) mass is 279 g/mol. The molecule has 1 aromatic heterocycles. The van der Waals surface area contributed by atoms with Crippen LogP contribution in [-0.2, 0) is 9.59 Å². The maximum absolute atomic E-state index is 11.5. The highest BCUT2D eigenvalue weighted by Gasteiger charge is 1.98. The van der Waals surface area contributed by atoms with E-state index in [9.17, 15) is 9.59 Å². The molecule has 1 rings (SSSR count). The molecular weight excluding hydrogens is 258 g/mol. The van der Waals surface area contributed by atoms with Gasteiger partial charge in [-0.1, -0.05) is 12.8 Å². The summed E-state index contributed by atoms with van der Waals surface area (Å²) >= 11 is 0. The van der Waals surface area contributed by atoms with Gasteiger partial charge in [-0.05, 0) is 38.0 Å². The zero-order chi connectivity index (χ0) is 14.8. The molecule has 1 aromatic rings. The Morgan fingerprint density at radius 1 is 1.25 bits per heavy atom. The number of amides is 1. The van der Waals surface area contributed by atoms with Gasteiger partial charge in [-0.15, -0.1) is 0 Å². The minimum absolute atomic E-state index is 0.149. The second-order valence-electron chi connectivity index (χ2n) is 4.63. The molecule has 0 aliphatic heterocycles. The van der Waals surface area contributed by atoms with Crippen molar-refractivity contribution in [2.24, 2.45) is 0 Å². The summed E-state index contributed by atoms with van der Waals surface area (Å²) in [6, 6.07) is 3.65. The minimum atomic E-state index is -0.753. The molecule has 0 bridgehead atoms. The minimum Gasteiger partial charge on any atom is -0.481 e. The van der Waals surface area contributed by atoms with Gasteiger partial charge in [0.05, 0.1) is 0 Å². The zero-order valence-electron chi connectivity index (χ0n) is 11.7. The van der Waals surface area contributed by atoms with Crippen LogP contribution in [0, 0.1) is 6.92 Å². The lowest BCUT2D eigenvalue weighted by molar-refractivity contribution is -0.137. The number of carboxylic acids is 1. The molecule has 2 N–H and O–H groups in total. The van der Waals surface area contributed by atoms with Gasteiger partial charge in [0.2, 0.25) is 5.91 Å². The molecule has 0 fully saturated rings. The molecule has 20 heavy (non-hydrogen) atoms. The van der Waals surface area contributed by atoms with Crippen LogP contribution in [0.2, 0.25) is 0 Å². The fourth-order valence-electron chi connectivity index (χ4n) is 1.73. The molecule has 0 spiro atoms. The Hall–Kier alpha value is -2.04. The molecule has 0 aliphatic rings. The number of hydrogen-bond acceptors (Lipinski definition) is 3. The van der Waals surface area contributed by atoms with E-state index in [2.05, 4.69) is 5.32 Å². The quantitative estimate of drug-likeness (QED) is 0.538. The van der Waals surface area contributed by atoms with Gasteiger partial charge in [0.15, 0.2) is 0 Å². The summed E-state index contributed by atoms with van der Waals surface area (Å²) in [5, 5.41) is 11.2. The third kappa shape index (κ3) is 7.41. The predicted octanol–water partition coefficient (Wildman–Crippen LogP) is 2.75. The third-order valence-electron chi connectivity index (χ3n) is 2.78. The van der Waals surface area contributed by atoms with Crippen molar-refractivity contribution in [3.8, 4) is 0 Å². The van der Waals surface area contributed by atoms with Crippen LogP contribution >= 0.6 is 0 Å². The van der Waals surface area contributed by atoms with Crippen molar-refractivity contribution in [3.05, 3.63) is 29.7 Å². The first-order valence-electron chi connectivity index (χ1n) is 6.82. The highest BCUT2D eigenvalue weighted by Crippen LogP contribution is 2.07. The number of carbonyl (C=O) groups excluding carboxylic acids is 1. The van der Waals surface area contributed by atoms with Gasteiger partial charge < -0.3 is 14.8 Å². The molecule has 110 valence electrons. The summed E-state index contributed by atoms with van der Waals surface area (Å²) in [6.45, 7) is 2.45. The largest absolute Gasteiger partial charge is 0.481 e. The summed E-state index contributed by atoms with van der Waals surface area (Å²) in [4.78, 5) is 21.8. The van der Waals surface area contributed by atoms with Gasteiger partial charge in [0.1, 0.15) is 11.5 Å². The van der Waals surface area contributed by atoms with Crippen LogP contribution in [-0.4, -0.2) is 23.5 Å². The molecule has 1 heterocycles. The van der Waals surface area contributed by atoms with E-state index in [0.717, 1.165) is 25.0 Å². The number of nitrogens with one attached hydrogen (secondary N) is 1. The maximum Gasteiger partial charge on any atom is 0.303 e. The van der Waals surface area contributed by atoms with Crippen molar-refractivity contribution >= 4 is 18.0 Å². The van der Waals surface area contributed by atoms with Gasteiger partial charge >= 0.3 is 5.97 Å². The Bertz CT molecular complexity index is 462. The molecule has 1 amide bonds. The number of aryl methyl sites for hydroxylation is 1. The highest BCUT2D eigenvalue weighted by molar-refractivity contribution is 5.91. The smallest absolute Gasteiger partial charge is 0.303 e. The number of furan rings is 1. The van der Waals surface area contributed by atoms with Gasteiger partial charge in [0, 0.05) is 19.0 Å². The molecule has 5 heteroatoms. The number of aliphatic carboxylic acids is 1. The van der Waals surface area contributed by atoms with Crippen molar-refractivity contribution < 1.29 is 19.1 Å². The third-order valence-corrected chi connectivity index (χ3v) is 2.78.